The molecule has 0 atom stereocenters. The van der Waals surface area contributed by atoms with Crippen LogP contribution in [0.4, 0.5) is 0 Å². The highest BCUT2D eigenvalue weighted by Crippen LogP contribution is 2.45. The number of benzene rings is 8. The van der Waals surface area contributed by atoms with E-state index in [2.05, 4.69) is 158 Å². The number of thiol groups is 2. The average Bonchev–Trinajstić information content (AvgIpc) is 3.11. The molecule has 0 aliphatic rings. The van der Waals surface area contributed by atoms with Crippen LogP contribution in [0, 0.1) is 0 Å². The zero-order valence-corrected chi connectivity index (χ0v) is 29.0. The Morgan fingerprint density at radius 1 is 0.326 bits per heavy atom. The van der Waals surface area contributed by atoms with E-state index in [1.165, 1.54) is 64.0 Å². The van der Waals surface area contributed by atoms with E-state index < -0.39 is 0 Å². The molecule has 0 spiro atoms. The zero-order chi connectivity index (χ0) is 31.6. The smallest absolute Gasteiger partial charge is 0.0155 e. The van der Waals surface area contributed by atoms with Crippen LogP contribution in [0.3, 0.4) is 0 Å². The van der Waals surface area contributed by atoms with Crippen LogP contribution in [0.15, 0.2) is 165 Å². The monoisotopic (exact) mass is 664 g/mol. The topological polar surface area (TPSA) is 0 Å². The summed E-state index contributed by atoms with van der Waals surface area (Å²) < 4.78 is 0. The number of rotatable bonds is 4. The molecule has 0 radical (unpaired) electrons. The normalized spacial score (nSPS) is 11.2. The van der Waals surface area contributed by atoms with Gasteiger partial charge >= 0.3 is 0 Å². The van der Waals surface area contributed by atoms with Gasteiger partial charge in [0.15, 0.2) is 0 Å². The van der Waals surface area contributed by atoms with Crippen molar-refractivity contribution in [2.24, 2.45) is 0 Å². The molecule has 0 saturated heterocycles. The molecule has 0 fully saturated rings. The molecule has 0 aliphatic carbocycles. The zero-order valence-electron chi connectivity index (χ0n) is 25.6. The maximum atomic E-state index is 4.72. The molecule has 0 saturated carbocycles. The van der Waals surface area contributed by atoms with E-state index in [0.717, 1.165) is 20.9 Å². The molecule has 224 valence electrons. The highest BCUT2D eigenvalue weighted by Gasteiger charge is 2.17. The molecule has 0 aliphatic heterocycles. The van der Waals surface area contributed by atoms with Gasteiger partial charge in [0.05, 0.1) is 0 Å². The fourth-order valence-electron chi connectivity index (χ4n) is 6.40. The fraction of sp³-hybridized carbons (Fsp3) is 0.0476. The molecule has 0 heterocycles. The van der Waals surface area contributed by atoms with Crippen molar-refractivity contribution in [1.29, 1.82) is 0 Å². The molecule has 0 nitrogen and oxygen atoms in total. The van der Waals surface area contributed by atoms with Gasteiger partial charge in [-0.05, 0) is 79.9 Å². The number of hydrogen-bond donors (Lipinski definition) is 2. The largest absolute Gasteiger partial charge is 0.143 e. The summed E-state index contributed by atoms with van der Waals surface area (Å²) in [5.41, 5.74) is 5.04. The Balaban J connectivity index is 0.000000147. The first-order valence-electron chi connectivity index (χ1n) is 15.1. The lowest BCUT2D eigenvalue weighted by atomic mass is 9.94. The minimum Gasteiger partial charge on any atom is -0.143 e. The molecule has 0 unspecified atom stereocenters. The first kappa shape index (κ1) is 30.8. The quantitative estimate of drug-likeness (QED) is 0.142. The predicted molar refractivity (Wildman–Crippen MR) is 212 cm³/mol. The van der Waals surface area contributed by atoms with Crippen LogP contribution in [-0.2, 0) is 0 Å². The van der Waals surface area contributed by atoms with Gasteiger partial charge in [-0.2, -0.15) is 0 Å². The molecular weight excluding hydrogens is 633 g/mol. The van der Waals surface area contributed by atoms with Crippen molar-refractivity contribution in [3.05, 3.63) is 146 Å². The molecule has 0 aromatic heterocycles. The summed E-state index contributed by atoms with van der Waals surface area (Å²) in [6.45, 7) is 0. The first-order chi connectivity index (χ1) is 22.6. The molecule has 0 bridgehead atoms. The summed E-state index contributed by atoms with van der Waals surface area (Å²) in [6, 6.07) is 51.6. The summed E-state index contributed by atoms with van der Waals surface area (Å²) in [5, 5.41) is 10.1. The van der Waals surface area contributed by atoms with Crippen molar-refractivity contribution >= 4 is 91.9 Å². The standard InChI is InChI=1S/C22H18S2.C20H14S2/c1-23-19-13-11-15-7-3-5-9-17(15)21(19)22-18-10-6-4-8-16(18)12-14-20(22)24-2;21-17-11-9-13-5-1-3-7-15(13)19(17)20-16-8-4-2-6-14(16)10-12-18(20)22/h3-14H,1-2H3;1-12,21-22H. The Hall–Kier alpha value is -3.80. The molecular formula is C42H32S4. The van der Waals surface area contributed by atoms with E-state index in [1.807, 2.05) is 23.5 Å². The van der Waals surface area contributed by atoms with E-state index >= 15 is 0 Å². The number of thioether (sulfide) groups is 2. The lowest BCUT2D eigenvalue weighted by Crippen LogP contribution is -1.90. The first-order valence-corrected chi connectivity index (χ1v) is 18.5. The Morgan fingerprint density at radius 3 is 0.935 bits per heavy atom. The second-order valence-electron chi connectivity index (χ2n) is 11.1. The maximum Gasteiger partial charge on any atom is 0.0155 e. The van der Waals surface area contributed by atoms with Gasteiger partial charge < -0.3 is 0 Å². The molecule has 8 rings (SSSR count). The van der Waals surface area contributed by atoms with Gasteiger partial charge in [0.1, 0.15) is 0 Å². The van der Waals surface area contributed by atoms with E-state index in [-0.39, 0.29) is 0 Å². The van der Waals surface area contributed by atoms with E-state index in [0.29, 0.717) is 0 Å². The van der Waals surface area contributed by atoms with E-state index in [1.54, 1.807) is 0 Å². The van der Waals surface area contributed by atoms with Crippen LogP contribution >= 0.6 is 48.8 Å². The lowest BCUT2D eigenvalue weighted by Gasteiger charge is -2.17. The third kappa shape index (κ3) is 5.69. The van der Waals surface area contributed by atoms with Crippen LogP contribution < -0.4 is 0 Å². The van der Waals surface area contributed by atoms with Crippen molar-refractivity contribution in [1.82, 2.24) is 0 Å². The summed E-state index contributed by atoms with van der Waals surface area (Å²) in [5.74, 6) is 0. The van der Waals surface area contributed by atoms with Crippen molar-refractivity contribution in [2.75, 3.05) is 12.5 Å². The van der Waals surface area contributed by atoms with Crippen LogP contribution in [0.25, 0.3) is 65.3 Å². The summed E-state index contributed by atoms with van der Waals surface area (Å²) in [4.78, 5) is 4.62. The van der Waals surface area contributed by atoms with Gasteiger partial charge in [-0.1, -0.05) is 121 Å². The van der Waals surface area contributed by atoms with Crippen molar-refractivity contribution in [3.8, 4) is 22.3 Å². The SMILES string of the molecule is CSc1ccc2ccccc2c1-c1c(SC)ccc2ccccc12.Sc1ccc2ccccc2c1-c1c(S)ccc2ccccc12. The van der Waals surface area contributed by atoms with Crippen LogP contribution in [0.2, 0.25) is 0 Å². The van der Waals surface area contributed by atoms with Crippen molar-refractivity contribution in [3.63, 3.8) is 0 Å². The van der Waals surface area contributed by atoms with Crippen LogP contribution in [0.5, 0.6) is 0 Å². The van der Waals surface area contributed by atoms with Gasteiger partial charge in [0.2, 0.25) is 0 Å². The third-order valence-corrected chi connectivity index (χ3v) is 10.8. The molecule has 4 heteroatoms. The Labute approximate surface area is 290 Å². The molecule has 8 aromatic rings. The Kier molecular flexibility index (Phi) is 9.06. The minimum atomic E-state index is 0.977. The van der Waals surface area contributed by atoms with E-state index in [4.69, 9.17) is 25.3 Å². The number of fused-ring (bicyclic) bond motifs is 4. The van der Waals surface area contributed by atoms with Gasteiger partial charge in [0, 0.05) is 41.8 Å². The molecule has 8 aromatic carbocycles. The van der Waals surface area contributed by atoms with Crippen molar-refractivity contribution in [2.45, 2.75) is 19.6 Å². The second-order valence-corrected chi connectivity index (χ2v) is 13.7. The van der Waals surface area contributed by atoms with Gasteiger partial charge in [-0.15, -0.1) is 48.8 Å². The van der Waals surface area contributed by atoms with Gasteiger partial charge in [-0.25, -0.2) is 0 Å². The summed E-state index contributed by atoms with van der Waals surface area (Å²) >= 11 is 13.1. The van der Waals surface area contributed by atoms with E-state index in [9.17, 15) is 0 Å². The second kappa shape index (κ2) is 13.5. The summed E-state index contributed by atoms with van der Waals surface area (Å²) in [7, 11) is 0. The summed E-state index contributed by atoms with van der Waals surface area (Å²) in [6.07, 6.45) is 4.33. The average molecular weight is 665 g/mol. The van der Waals surface area contributed by atoms with Gasteiger partial charge in [0.25, 0.3) is 0 Å². The van der Waals surface area contributed by atoms with Gasteiger partial charge in [-0.3, -0.25) is 0 Å². The molecule has 0 amide bonds. The van der Waals surface area contributed by atoms with Crippen LogP contribution in [-0.4, -0.2) is 12.5 Å². The molecule has 0 N–H and O–H groups in total. The maximum absolute atomic E-state index is 4.72. The van der Waals surface area contributed by atoms with Crippen molar-refractivity contribution < 1.29 is 0 Å². The Morgan fingerprint density at radius 2 is 0.609 bits per heavy atom. The predicted octanol–water partition coefficient (Wildman–Crippen LogP) is 13.3. The third-order valence-electron chi connectivity index (χ3n) is 8.54. The minimum absolute atomic E-state index is 0.977. The fourth-order valence-corrected chi connectivity index (χ4v) is 8.26. The molecule has 46 heavy (non-hydrogen) atoms. The Bertz CT molecular complexity index is 2210. The van der Waals surface area contributed by atoms with Crippen LogP contribution in [0.1, 0.15) is 0 Å². The highest BCUT2D eigenvalue weighted by atomic mass is 32.2. The lowest BCUT2D eigenvalue weighted by molar-refractivity contribution is 1.43. The highest BCUT2D eigenvalue weighted by molar-refractivity contribution is 7.99. The number of hydrogen-bond acceptors (Lipinski definition) is 4.